The summed E-state index contributed by atoms with van der Waals surface area (Å²) in [5.41, 5.74) is 1.82. The van der Waals surface area contributed by atoms with Crippen LogP contribution in [0, 0.1) is 12.8 Å². The second kappa shape index (κ2) is 6.32. The van der Waals surface area contributed by atoms with Gasteiger partial charge in [0.25, 0.3) is 0 Å². The predicted molar refractivity (Wildman–Crippen MR) is 83.5 cm³/mol. The molecular formula is C17H20N2O4. The van der Waals surface area contributed by atoms with Gasteiger partial charge in [0.05, 0.1) is 26.5 Å². The van der Waals surface area contributed by atoms with Gasteiger partial charge < -0.3 is 19.3 Å². The fourth-order valence-electron chi connectivity index (χ4n) is 2.76. The molecule has 6 heteroatoms. The Bertz CT molecular complexity index is 710. The van der Waals surface area contributed by atoms with E-state index in [1.807, 2.05) is 31.2 Å². The van der Waals surface area contributed by atoms with Crippen LogP contribution in [0.5, 0.6) is 11.5 Å². The fraction of sp³-hybridized carbons (Fsp3) is 0.412. The van der Waals surface area contributed by atoms with Gasteiger partial charge in [0, 0.05) is 23.5 Å². The van der Waals surface area contributed by atoms with E-state index in [4.69, 9.17) is 14.0 Å². The summed E-state index contributed by atoms with van der Waals surface area (Å²) >= 11 is 0. The van der Waals surface area contributed by atoms with E-state index in [-0.39, 0.29) is 17.7 Å². The van der Waals surface area contributed by atoms with E-state index < -0.39 is 0 Å². The van der Waals surface area contributed by atoms with Crippen molar-refractivity contribution in [2.75, 3.05) is 14.2 Å². The number of aryl methyl sites for hydroxylation is 1. The van der Waals surface area contributed by atoms with Crippen LogP contribution in [0.2, 0.25) is 0 Å². The summed E-state index contributed by atoms with van der Waals surface area (Å²) < 4.78 is 15.7. The normalized spacial score (nSPS) is 19.3. The van der Waals surface area contributed by atoms with Crippen molar-refractivity contribution < 1.29 is 18.8 Å². The number of carbonyl (C=O) groups is 1. The van der Waals surface area contributed by atoms with Crippen LogP contribution in [0.25, 0.3) is 0 Å². The molecule has 0 aliphatic heterocycles. The van der Waals surface area contributed by atoms with Crippen molar-refractivity contribution in [3.8, 4) is 11.5 Å². The van der Waals surface area contributed by atoms with E-state index in [2.05, 4.69) is 10.5 Å². The molecule has 2 unspecified atom stereocenters. The minimum atomic E-state index is -0.0416. The first-order valence-electron chi connectivity index (χ1n) is 7.54. The lowest BCUT2D eigenvalue weighted by Crippen LogP contribution is -2.24. The molecule has 1 aliphatic carbocycles. The average molecular weight is 316 g/mol. The molecule has 2 aromatic rings. The first kappa shape index (κ1) is 15.4. The number of nitrogens with zero attached hydrogens (tertiary/aromatic N) is 1. The van der Waals surface area contributed by atoms with Crippen LogP contribution in [0.1, 0.15) is 29.4 Å². The summed E-state index contributed by atoms with van der Waals surface area (Å²) in [5, 5.41) is 6.70. The smallest absolute Gasteiger partial charge is 0.224 e. The Balaban J connectivity index is 1.63. The number of benzene rings is 1. The van der Waals surface area contributed by atoms with E-state index in [0.29, 0.717) is 12.3 Å². The van der Waals surface area contributed by atoms with E-state index in [1.165, 1.54) is 0 Å². The van der Waals surface area contributed by atoms with Crippen molar-refractivity contribution in [2.45, 2.75) is 25.8 Å². The van der Waals surface area contributed by atoms with E-state index in [9.17, 15) is 4.79 Å². The Morgan fingerprint density at radius 1 is 1.35 bits per heavy atom. The zero-order valence-corrected chi connectivity index (χ0v) is 13.5. The molecule has 1 heterocycles. The molecule has 1 amide bonds. The number of carbonyl (C=O) groups excluding carboxylic acids is 1. The van der Waals surface area contributed by atoms with Crippen LogP contribution in [0.3, 0.4) is 0 Å². The van der Waals surface area contributed by atoms with Crippen molar-refractivity contribution in [3.63, 3.8) is 0 Å². The van der Waals surface area contributed by atoms with Gasteiger partial charge >= 0.3 is 0 Å². The average Bonchev–Trinajstić information content (AvgIpc) is 3.27. The highest BCUT2D eigenvalue weighted by Gasteiger charge is 2.45. The summed E-state index contributed by atoms with van der Waals surface area (Å²) in [6, 6.07) is 7.48. The third-order valence-corrected chi connectivity index (χ3v) is 4.08. The van der Waals surface area contributed by atoms with Gasteiger partial charge in [0.15, 0.2) is 5.76 Å². The minimum Gasteiger partial charge on any atom is -0.497 e. The number of hydrogen-bond acceptors (Lipinski definition) is 5. The summed E-state index contributed by atoms with van der Waals surface area (Å²) in [7, 11) is 3.26. The van der Waals surface area contributed by atoms with Gasteiger partial charge in [-0.2, -0.15) is 0 Å². The summed E-state index contributed by atoms with van der Waals surface area (Å²) in [5.74, 6) is 2.36. The number of nitrogens with one attached hydrogen (secondary N) is 1. The number of rotatable bonds is 6. The lowest BCUT2D eigenvalue weighted by molar-refractivity contribution is -0.122. The standard InChI is InChI=1S/C17H20N2O4/c1-10-6-12(23-19-10)9-18-17(20)15-8-13(15)14-7-11(21-2)4-5-16(14)22-3/h4-7,13,15H,8-9H2,1-3H3,(H,18,20). The number of amides is 1. The van der Waals surface area contributed by atoms with Gasteiger partial charge in [-0.1, -0.05) is 5.16 Å². The molecule has 0 radical (unpaired) electrons. The molecule has 2 atom stereocenters. The Morgan fingerprint density at radius 3 is 2.83 bits per heavy atom. The first-order chi connectivity index (χ1) is 11.1. The molecule has 1 N–H and O–H groups in total. The molecule has 1 fully saturated rings. The van der Waals surface area contributed by atoms with Gasteiger partial charge in [0.2, 0.25) is 5.91 Å². The Kier molecular flexibility index (Phi) is 4.23. The molecule has 0 saturated heterocycles. The number of hydrogen-bond donors (Lipinski definition) is 1. The second-order valence-electron chi connectivity index (χ2n) is 5.71. The summed E-state index contributed by atoms with van der Waals surface area (Å²) in [6.07, 6.45) is 0.810. The number of ether oxygens (including phenoxy) is 2. The van der Waals surface area contributed by atoms with Crippen LogP contribution in [0.4, 0.5) is 0 Å². The zero-order chi connectivity index (χ0) is 16.4. The van der Waals surface area contributed by atoms with Crippen molar-refractivity contribution >= 4 is 5.91 Å². The van der Waals surface area contributed by atoms with Crippen LogP contribution >= 0.6 is 0 Å². The molecule has 0 bridgehead atoms. The molecule has 1 aromatic carbocycles. The lowest BCUT2D eigenvalue weighted by atomic mass is 10.1. The van der Waals surface area contributed by atoms with Crippen molar-refractivity contribution in [3.05, 3.63) is 41.3 Å². The molecule has 1 aliphatic rings. The van der Waals surface area contributed by atoms with Crippen LogP contribution in [-0.4, -0.2) is 25.3 Å². The maximum atomic E-state index is 12.3. The highest BCUT2D eigenvalue weighted by molar-refractivity contribution is 5.83. The molecule has 122 valence electrons. The van der Waals surface area contributed by atoms with Crippen LogP contribution in [0.15, 0.2) is 28.8 Å². The van der Waals surface area contributed by atoms with Crippen molar-refractivity contribution in [2.24, 2.45) is 5.92 Å². The summed E-state index contributed by atoms with van der Waals surface area (Å²) in [4.78, 5) is 12.3. The van der Waals surface area contributed by atoms with Crippen molar-refractivity contribution in [1.29, 1.82) is 0 Å². The van der Waals surface area contributed by atoms with E-state index >= 15 is 0 Å². The molecule has 3 rings (SSSR count). The molecule has 23 heavy (non-hydrogen) atoms. The van der Waals surface area contributed by atoms with Gasteiger partial charge in [-0.25, -0.2) is 0 Å². The third-order valence-electron chi connectivity index (χ3n) is 4.08. The molecular weight excluding hydrogens is 296 g/mol. The maximum Gasteiger partial charge on any atom is 0.224 e. The monoisotopic (exact) mass is 316 g/mol. The van der Waals surface area contributed by atoms with Gasteiger partial charge in [-0.15, -0.1) is 0 Å². The number of methoxy groups -OCH3 is 2. The first-order valence-corrected chi connectivity index (χ1v) is 7.54. The summed E-state index contributed by atoms with van der Waals surface area (Å²) in [6.45, 7) is 2.21. The lowest BCUT2D eigenvalue weighted by Gasteiger charge is -2.10. The van der Waals surface area contributed by atoms with Crippen LogP contribution in [-0.2, 0) is 11.3 Å². The molecule has 1 aromatic heterocycles. The topological polar surface area (TPSA) is 73.6 Å². The minimum absolute atomic E-state index is 0.0222. The van der Waals surface area contributed by atoms with E-state index in [0.717, 1.165) is 29.2 Å². The highest BCUT2D eigenvalue weighted by Crippen LogP contribution is 2.51. The quantitative estimate of drug-likeness (QED) is 0.886. The molecule has 0 spiro atoms. The third kappa shape index (κ3) is 3.31. The predicted octanol–water partition coefficient (Wildman–Crippen LogP) is 2.42. The fourth-order valence-corrected chi connectivity index (χ4v) is 2.76. The second-order valence-corrected chi connectivity index (χ2v) is 5.71. The van der Waals surface area contributed by atoms with Gasteiger partial charge in [-0.05, 0) is 31.5 Å². The Hall–Kier alpha value is -2.50. The van der Waals surface area contributed by atoms with E-state index in [1.54, 1.807) is 14.2 Å². The van der Waals surface area contributed by atoms with Gasteiger partial charge in [-0.3, -0.25) is 4.79 Å². The number of aromatic nitrogens is 1. The largest absolute Gasteiger partial charge is 0.497 e. The molecule has 6 nitrogen and oxygen atoms in total. The highest BCUT2D eigenvalue weighted by atomic mass is 16.5. The van der Waals surface area contributed by atoms with Crippen molar-refractivity contribution in [1.82, 2.24) is 10.5 Å². The zero-order valence-electron chi connectivity index (χ0n) is 13.5. The Morgan fingerprint density at radius 2 is 2.17 bits per heavy atom. The van der Waals surface area contributed by atoms with Crippen LogP contribution < -0.4 is 14.8 Å². The Labute approximate surface area is 134 Å². The molecule has 1 saturated carbocycles. The van der Waals surface area contributed by atoms with Gasteiger partial charge in [0.1, 0.15) is 11.5 Å². The SMILES string of the molecule is COc1ccc(OC)c(C2CC2C(=O)NCc2cc(C)no2)c1. The maximum absolute atomic E-state index is 12.3.